The lowest BCUT2D eigenvalue weighted by molar-refractivity contribution is 0.0982. The van der Waals surface area contributed by atoms with Gasteiger partial charge in [-0.3, -0.25) is 4.79 Å². The van der Waals surface area contributed by atoms with Crippen molar-refractivity contribution in [3.05, 3.63) is 63.7 Å². The number of ether oxygens (including phenoxy) is 1. The number of methoxy groups -OCH3 is 1. The van der Waals surface area contributed by atoms with E-state index in [4.69, 9.17) is 14.9 Å². The zero-order valence-corrected chi connectivity index (χ0v) is 22.9. The molecule has 0 aliphatic heterocycles. The van der Waals surface area contributed by atoms with E-state index in [1.807, 2.05) is 13.1 Å². The third-order valence-electron chi connectivity index (χ3n) is 6.91. The number of aromatic hydroxyl groups is 1. The quantitative estimate of drug-likeness (QED) is 0.231. The molecule has 1 heterocycles. The van der Waals surface area contributed by atoms with Crippen LogP contribution in [0.15, 0.2) is 41.2 Å². The number of phenols is 1. The van der Waals surface area contributed by atoms with E-state index in [1.54, 1.807) is 12.1 Å². The molecule has 1 atom stereocenters. The minimum Gasteiger partial charge on any atom is -0.506 e. The number of halogens is 1. The van der Waals surface area contributed by atoms with Crippen molar-refractivity contribution in [2.45, 2.75) is 51.6 Å². The molecule has 1 amide bonds. The van der Waals surface area contributed by atoms with Crippen molar-refractivity contribution in [3.8, 4) is 11.5 Å². The Hall–Kier alpha value is -3.57. The molecule has 200 valence electrons. The van der Waals surface area contributed by atoms with Gasteiger partial charge in [0.05, 0.1) is 37.5 Å². The van der Waals surface area contributed by atoms with E-state index in [1.165, 1.54) is 25.3 Å². The summed E-state index contributed by atoms with van der Waals surface area (Å²) in [7, 11) is -1.05. The molecular formula is C26H34FN3O6Si. The predicted molar refractivity (Wildman–Crippen MR) is 143 cm³/mol. The first-order chi connectivity index (χ1) is 17.1. The first-order valence-electron chi connectivity index (χ1n) is 11.8. The van der Waals surface area contributed by atoms with Crippen LogP contribution in [-0.4, -0.2) is 48.2 Å². The number of carboxylic acid groups (broad SMARTS) is 1. The largest absolute Gasteiger partial charge is 0.506 e. The highest BCUT2D eigenvalue weighted by molar-refractivity contribution is 6.74. The Kier molecular flexibility index (Phi) is 7.89. The highest BCUT2D eigenvalue weighted by Gasteiger charge is 2.40. The third-order valence-corrected chi connectivity index (χ3v) is 11.4. The molecule has 0 fully saturated rings. The highest BCUT2D eigenvalue weighted by Crippen LogP contribution is 2.41. The van der Waals surface area contributed by atoms with Crippen LogP contribution in [0.2, 0.25) is 18.1 Å². The molecule has 3 aromatic rings. The number of rotatable bonds is 8. The van der Waals surface area contributed by atoms with Gasteiger partial charge >= 0.3 is 6.09 Å². The predicted octanol–water partition coefficient (Wildman–Crippen LogP) is 5.21. The molecule has 0 saturated carbocycles. The van der Waals surface area contributed by atoms with Crippen molar-refractivity contribution < 1.29 is 28.6 Å². The smallest absolute Gasteiger partial charge is 0.407 e. The van der Waals surface area contributed by atoms with Crippen LogP contribution in [-0.2, 0) is 11.0 Å². The number of hydrogen-bond donors (Lipinski definition) is 4. The fourth-order valence-electron chi connectivity index (χ4n) is 3.81. The van der Waals surface area contributed by atoms with Gasteiger partial charge < -0.3 is 35.0 Å². The van der Waals surface area contributed by atoms with Crippen molar-refractivity contribution in [2.75, 3.05) is 19.4 Å². The summed E-state index contributed by atoms with van der Waals surface area (Å²) in [5.74, 6) is -0.525. The van der Waals surface area contributed by atoms with Gasteiger partial charge in [0.25, 0.3) is 0 Å². The summed E-state index contributed by atoms with van der Waals surface area (Å²) in [4.78, 5) is 28.1. The lowest BCUT2D eigenvalue weighted by Crippen LogP contribution is -2.44. The molecule has 0 aliphatic rings. The van der Waals surface area contributed by atoms with E-state index in [0.29, 0.717) is 16.5 Å². The summed E-state index contributed by atoms with van der Waals surface area (Å²) in [6, 6.07) is 8.50. The van der Waals surface area contributed by atoms with E-state index in [2.05, 4.69) is 25.8 Å². The summed E-state index contributed by atoms with van der Waals surface area (Å²) >= 11 is 0. The fourth-order valence-corrected chi connectivity index (χ4v) is 5.08. The lowest BCUT2D eigenvalue weighted by atomic mass is 10.0. The third kappa shape index (κ3) is 6.05. The standard InChI is InChI=1S/C26H34FN3O6Si/c1-26(2,3)37(5,6)36-22(16-7-9-20(31)24-17(16)8-10-23(32)29-24)14-30(25(33)34)13-15-11-18(27)19(28)12-21(15)35-4/h7-12,22,31H,13-14,28H2,1-6H3,(H,29,32)(H,33,34). The topological polar surface area (TPSA) is 138 Å². The Labute approximate surface area is 215 Å². The van der Waals surface area contributed by atoms with Gasteiger partial charge in [-0.2, -0.15) is 0 Å². The second kappa shape index (κ2) is 10.4. The summed E-state index contributed by atoms with van der Waals surface area (Å²) in [6.45, 7) is 10.0. The number of pyridine rings is 1. The fraction of sp³-hybridized carbons (Fsp3) is 0.385. The van der Waals surface area contributed by atoms with Gasteiger partial charge in [-0.15, -0.1) is 0 Å². The molecule has 11 heteroatoms. The summed E-state index contributed by atoms with van der Waals surface area (Å²) in [5, 5.41) is 20.8. The normalized spacial score (nSPS) is 12.9. The average Bonchev–Trinajstić information content (AvgIpc) is 2.79. The Balaban J connectivity index is 2.12. The number of H-pyrrole nitrogens is 1. The minimum atomic E-state index is -2.45. The van der Waals surface area contributed by atoms with Crippen LogP contribution in [0.4, 0.5) is 14.9 Å². The Morgan fingerprint density at radius 3 is 2.49 bits per heavy atom. The van der Waals surface area contributed by atoms with Crippen LogP contribution in [0.25, 0.3) is 10.9 Å². The van der Waals surface area contributed by atoms with Crippen LogP contribution in [0.5, 0.6) is 11.5 Å². The second-order valence-corrected chi connectivity index (χ2v) is 15.3. The van der Waals surface area contributed by atoms with Gasteiger partial charge in [-0.25, -0.2) is 9.18 Å². The number of nitrogens with one attached hydrogen (secondary N) is 1. The number of benzene rings is 2. The number of carbonyl (C=O) groups is 1. The van der Waals surface area contributed by atoms with E-state index >= 15 is 0 Å². The Bertz CT molecular complexity index is 1370. The molecule has 0 radical (unpaired) electrons. The monoisotopic (exact) mass is 531 g/mol. The zero-order chi connectivity index (χ0) is 27.7. The maximum absolute atomic E-state index is 14.3. The second-order valence-electron chi connectivity index (χ2n) is 10.5. The number of fused-ring (bicyclic) bond motifs is 1. The first-order valence-corrected chi connectivity index (χ1v) is 14.7. The minimum absolute atomic E-state index is 0.101. The molecular weight excluding hydrogens is 497 g/mol. The molecule has 0 saturated heterocycles. The number of aromatic amines is 1. The van der Waals surface area contributed by atoms with Crippen LogP contribution in [0, 0.1) is 5.82 Å². The van der Waals surface area contributed by atoms with Gasteiger partial charge in [0.1, 0.15) is 17.3 Å². The van der Waals surface area contributed by atoms with Crippen molar-refractivity contribution in [2.24, 2.45) is 0 Å². The van der Waals surface area contributed by atoms with Crippen molar-refractivity contribution in [1.29, 1.82) is 0 Å². The van der Waals surface area contributed by atoms with E-state index in [9.17, 15) is 24.2 Å². The van der Waals surface area contributed by atoms with Gasteiger partial charge in [0, 0.05) is 23.1 Å². The molecule has 3 rings (SSSR count). The Morgan fingerprint density at radius 1 is 1.22 bits per heavy atom. The number of nitrogens with zero attached hydrogens (tertiary/aromatic N) is 1. The number of phenolic OH excluding ortho intramolecular Hbond substituents is 1. The van der Waals surface area contributed by atoms with Crippen molar-refractivity contribution in [3.63, 3.8) is 0 Å². The summed E-state index contributed by atoms with van der Waals surface area (Å²) in [5.41, 5.74) is 6.31. The summed E-state index contributed by atoms with van der Waals surface area (Å²) < 4.78 is 26.3. The highest BCUT2D eigenvalue weighted by atomic mass is 28.4. The maximum Gasteiger partial charge on any atom is 0.407 e. The van der Waals surface area contributed by atoms with Crippen molar-refractivity contribution in [1.82, 2.24) is 9.88 Å². The first kappa shape index (κ1) is 28.0. The molecule has 0 spiro atoms. The molecule has 1 aromatic heterocycles. The zero-order valence-electron chi connectivity index (χ0n) is 21.9. The van der Waals surface area contributed by atoms with Crippen LogP contribution in [0.1, 0.15) is 38.0 Å². The van der Waals surface area contributed by atoms with Crippen LogP contribution in [0.3, 0.4) is 0 Å². The number of amides is 1. The Morgan fingerprint density at radius 2 is 1.89 bits per heavy atom. The van der Waals surface area contributed by atoms with E-state index in [0.717, 1.165) is 11.0 Å². The molecule has 37 heavy (non-hydrogen) atoms. The van der Waals surface area contributed by atoms with Gasteiger partial charge in [-0.05, 0) is 41.9 Å². The molecule has 9 nitrogen and oxygen atoms in total. The van der Waals surface area contributed by atoms with Gasteiger partial charge in [0.2, 0.25) is 5.56 Å². The number of hydrogen-bond acceptors (Lipinski definition) is 6. The molecule has 5 N–H and O–H groups in total. The molecule has 1 unspecified atom stereocenters. The number of nitrogens with two attached hydrogens (primary N) is 1. The molecule has 0 bridgehead atoms. The molecule has 0 aliphatic carbocycles. The number of aromatic nitrogens is 1. The van der Waals surface area contributed by atoms with Crippen LogP contribution >= 0.6 is 0 Å². The van der Waals surface area contributed by atoms with Gasteiger partial charge in [0.15, 0.2) is 8.32 Å². The average molecular weight is 532 g/mol. The molecule has 2 aromatic carbocycles. The van der Waals surface area contributed by atoms with Crippen molar-refractivity contribution >= 4 is 31.0 Å². The SMILES string of the molecule is COc1cc(N)c(F)cc1CN(CC(O[Si](C)(C)C(C)(C)C)c1ccc(O)c2[nH]c(=O)ccc12)C(=O)O. The van der Waals surface area contributed by atoms with E-state index < -0.39 is 26.3 Å². The lowest BCUT2D eigenvalue weighted by Gasteiger charge is -2.40. The van der Waals surface area contributed by atoms with Gasteiger partial charge in [-0.1, -0.05) is 26.8 Å². The number of anilines is 1. The van der Waals surface area contributed by atoms with E-state index in [-0.39, 0.29) is 46.4 Å². The maximum atomic E-state index is 14.3. The van der Waals surface area contributed by atoms with Crippen LogP contribution < -0.4 is 16.0 Å². The summed E-state index contributed by atoms with van der Waals surface area (Å²) in [6.07, 6.45) is -1.99. The number of nitrogen functional groups attached to an aromatic ring is 1.